The average molecular weight is 540 g/mol. The number of H-pyrrole nitrogens is 1. The van der Waals surface area contributed by atoms with Gasteiger partial charge in [-0.2, -0.15) is 0 Å². The molecule has 0 aliphatic carbocycles. The average Bonchev–Trinajstić information content (AvgIpc) is 3.40. The molecule has 4 rings (SSSR count). The van der Waals surface area contributed by atoms with Crippen LogP contribution in [-0.2, 0) is 10.0 Å². The largest absolute Gasteiger partial charge is 0.351 e. The summed E-state index contributed by atoms with van der Waals surface area (Å²) in [4.78, 5) is 35.1. The summed E-state index contributed by atoms with van der Waals surface area (Å²) in [7, 11) is -2.34. The molecule has 9 nitrogen and oxygen atoms in total. The van der Waals surface area contributed by atoms with Crippen molar-refractivity contribution in [1.29, 1.82) is 0 Å². The van der Waals surface area contributed by atoms with E-state index in [0.717, 1.165) is 40.7 Å². The first-order valence-corrected chi connectivity index (χ1v) is 14.2. The van der Waals surface area contributed by atoms with Crippen LogP contribution in [0.15, 0.2) is 69.7 Å². The fourth-order valence-corrected chi connectivity index (χ4v) is 6.07. The minimum Gasteiger partial charge on any atom is -0.351 e. The molecule has 0 spiro atoms. The Balaban J connectivity index is 1.55. The molecule has 0 radical (unpaired) electrons. The van der Waals surface area contributed by atoms with Gasteiger partial charge in [0.15, 0.2) is 5.13 Å². The van der Waals surface area contributed by atoms with E-state index in [4.69, 9.17) is 0 Å². The molecule has 37 heavy (non-hydrogen) atoms. The van der Waals surface area contributed by atoms with E-state index in [-0.39, 0.29) is 21.5 Å². The fourth-order valence-electron chi connectivity index (χ4n) is 3.89. The number of rotatable bonds is 10. The van der Waals surface area contributed by atoms with E-state index in [1.807, 2.05) is 0 Å². The number of anilines is 1. The van der Waals surface area contributed by atoms with E-state index >= 15 is 0 Å². The van der Waals surface area contributed by atoms with Gasteiger partial charge in [0.2, 0.25) is 0 Å². The van der Waals surface area contributed by atoms with Gasteiger partial charge in [-0.1, -0.05) is 38.1 Å². The molecule has 2 N–H and O–H groups in total. The number of nitrogens with zero attached hydrogens (tertiary/aromatic N) is 3. The molecule has 0 unspecified atom stereocenters. The van der Waals surface area contributed by atoms with Gasteiger partial charge in [-0.15, -0.1) is 11.3 Å². The predicted molar refractivity (Wildman–Crippen MR) is 148 cm³/mol. The molecule has 0 bridgehead atoms. The van der Waals surface area contributed by atoms with Crippen molar-refractivity contribution in [2.24, 2.45) is 0 Å². The van der Waals surface area contributed by atoms with Gasteiger partial charge in [0.1, 0.15) is 0 Å². The standard InChI is InChI=1S/C26H29N5O4S2/c1-4-31(5-2)14-13-27-24(32)19-12-11-18-15-21(25(33)28-22(18)16-19)23-17-36-26(29-23)30(3)37(34,35)20-9-7-6-8-10-20/h6-12,15-17H,4-5,13-14H2,1-3H3,(H,27,32)(H,28,33). The second kappa shape index (κ2) is 11.2. The molecule has 0 saturated heterocycles. The van der Waals surface area contributed by atoms with Crippen molar-refractivity contribution in [3.05, 3.63) is 75.9 Å². The zero-order chi connectivity index (χ0) is 26.6. The first-order valence-electron chi connectivity index (χ1n) is 11.9. The van der Waals surface area contributed by atoms with Crippen molar-refractivity contribution in [3.8, 4) is 11.3 Å². The molecular formula is C26H29N5O4S2. The van der Waals surface area contributed by atoms with Gasteiger partial charge in [0.25, 0.3) is 21.5 Å². The van der Waals surface area contributed by atoms with Crippen molar-refractivity contribution in [1.82, 2.24) is 20.2 Å². The Kier molecular flexibility index (Phi) is 8.06. The van der Waals surface area contributed by atoms with Gasteiger partial charge in [-0.05, 0) is 48.8 Å². The number of aromatic amines is 1. The number of sulfonamides is 1. The predicted octanol–water partition coefficient (Wildman–Crippen LogP) is 3.55. The molecule has 2 aromatic carbocycles. The van der Waals surface area contributed by atoms with Crippen molar-refractivity contribution in [2.45, 2.75) is 18.7 Å². The monoisotopic (exact) mass is 539 g/mol. The van der Waals surface area contributed by atoms with Crippen molar-refractivity contribution >= 4 is 43.3 Å². The van der Waals surface area contributed by atoms with E-state index in [0.29, 0.717) is 28.9 Å². The number of carbonyl (C=O) groups excluding carboxylic acids is 1. The normalized spacial score (nSPS) is 11.7. The Bertz CT molecular complexity index is 1560. The van der Waals surface area contributed by atoms with E-state index < -0.39 is 10.0 Å². The third-order valence-corrected chi connectivity index (χ3v) is 8.95. The maximum atomic E-state index is 12.9. The van der Waals surface area contributed by atoms with Crippen LogP contribution in [0.3, 0.4) is 0 Å². The zero-order valence-corrected chi connectivity index (χ0v) is 22.5. The van der Waals surface area contributed by atoms with Crippen LogP contribution >= 0.6 is 11.3 Å². The maximum absolute atomic E-state index is 12.9. The molecule has 2 heterocycles. The number of likely N-dealkylation sites (N-methyl/N-ethyl adjacent to an activating group) is 1. The summed E-state index contributed by atoms with van der Waals surface area (Å²) in [5, 5.41) is 5.55. The van der Waals surface area contributed by atoms with Crippen molar-refractivity contribution < 1.29 is 13.2 Å². The number of nitrogens with one attached hydrogen (secondary N) is 2. The summed E-state index contributed by atoms with van der Waals surface area (Å²) < 4.78 is 27.0. The fraction of sp³-hybridized carbons (Fsp3) is 0.269. The van der Waals surface area contributed by atoms with Crippen LogP contribution < -0.4 is 15.2 Å². The van der Waals surface area contributed by atoms with Crippen LogP contribution in [-0.4, -0.2) is 62.4 Å². The van der Waals surface area contributed by atoms with Gasteiger partial charge in [-0.25, -0.2) is 17.7 Å². The van der Waals surface area contributed by atoms with Gasteiger partial charge < -0.3 is 15.2 Å². The number of hydrogen-bond donors (Lipinski definition) is 2. The lowest BCUT2D eigenvalue weighted by atomic mass is 10.1. The number of hydrogen-bond acceptors (Lipinski definition) is 7. The number of thiazole rings is 1. The van der Waals surface area contributed by atoms with E-state index in [1.165, 1.54) is 19.2 Å². The number of fused-ring (bicyclic) bond motifs is 1. The zero-order valence-electron chi connectivity index (χ0n) is 20.9. The smallest absolute Gasteiger partial charge is 0.265 e. The molecule has 1 amide bonds. The Morgan fingerprint density at radius 3 is 2.51 bits per heavy atom. The summed E-state index contributed by atoms with van der Waals surface area (Å²) in [6.07, 6.45) is 0. The molecule has 0 fully saturated rings. The molecule has 4 aromatic rings. The van der Waals surface area contributed by atoms with E-state index in [1.54, 1.807) is 47.8 Å². The highest BCUT2D eigenvalue weighted by Crippen LogP contribution is 2.29. The van der Waals surface area contributed by atoms with E-state index in [9.17, 15) is 18.0 Å². The highest BCUT2D eigenvalue weighted by molar-refractivity contribution is 7.93. The summed E-state index contributed by atoms with van der Waals surface area (Å²) in [5.41, 5.74) is 1.30. The number of carbonyl (C=O) groups is 1. The summed E-state index contributed by atoms with van der Waals surface area (Å²) in [5.74, 6) is -0.203. The molecule has 0 aliphatic rings. The third kappa shape index (κ3) is 5.74. The Morgan fingerprint density at radius 2 is 1.81 bits per heavy atom. The quantitative estimate of drug-likeness (QED) is 0.319. The molecule has 0 atom stereocenters. The number of aromatic nitrogens is 2. The van der Waals surface area contributed by atoms with Crippen LogP contribution in [0.4, 0.5) is 5.13 Å². The van der Waals surface area contributed by atoms with Crippen molar-refractivity contribution in [2.75, 3.05) is 37.5 Å². The number of amides is 1. The second-order valence-electron chi connectivity index (χ2n) is 8.40. The third-order valence-electron chi connectivity index (χ3n) is 6.16. The minimum atomic E-state index is -3.78. The maximum Gasteiger partial charge on any atom is 0.265 e. The van der Waals surface area contributed by atoms with E-state index in [2.05, 4.69) is 34.0 Å². The van der Waals surface area contributed by atoms with Gasteiger partial charge in [0, 0.05) is 36.6 Å². The highest BCUT2D eigenvalue weighted by Gasteiger charge is 2.24. The first kappa shape index (κ1) is 26.5. The topological polar surface area (TPSA) is 115 Å². The second-order valence-corrected chi connectivity index (χ2v) is 11.2. The van der Waals surface area contributed by atoms with Crippen LogP contribution in [0, 0.1) is 0 Å². The van der Waals surface area contributed by atoms with Crippen LogP contribution in [0.2, 0.25) is 0 Å². The van der Waals surface area contributed by atoms with Gasteiger partial charge in [0.05, 0.1) is 16.2 Å². The summed E-state index contributed by atoms with van der Waals surface area (Å²) >= 11 is 1.13. The Morgan fingerprint density at radius 1 is 1.08 bits per heavy atom. The number of pyridine rings is 1. The molecule has 0 aliphatic heterocycles. The SMILES string of the molecule is CCN(CC)CCNC(=O)c1ccc2cc(-c3csc(N(C)S(=O)(=O)c4ccccc4)n3)c(=O)[nH]c2c1. The Hall–Kier alpha value is -3.54. The first-order chi connectivity index (χ1) is 17.7. The summed E-state index contributed by atoms with van der Waals surface area (Å²) in [6.45, 7) is 7.31. The molecule has 194 valence electrons. The lowest BCUT2D eigenvalue weighted by molar-refractivity contribution is 0.0949. The van der Waals surface area contributed by atoms with Crippen LogP contribution in [0.1, 0.15) is 24.2 Å². The molecular weight excluding hydrogens is 510 g/mol. The van der Waals surface area contributed by atoms with Gasteiger partial charge in [-0.3, -0.25) is 9.59 Å². The lowest BCUT2D eigenvalue weighted by Crippen LogP contribution is -2.34. The number of benzene rings is 2. The minimum absolute atomic E-state index is 0.158. The molecule has 0 saturated carbocycles. The highest BCUT2D eigenvalue weighted by atomic mass is 32.2. The molecule has 2 aromatic heterocycles. The van der Waals surface area contributed by atoms with Crippen LogP contribution in [0.25, 0.3) is 22.2 Å². The van der Waals surface area contributed by atoms with Crippen molar-refractivity contribution in [3.63, 3.8) is 0 Å². The molecule has 11 heteroatoms. The van der Waals surface area contributed by atoms with Crippen LogP contribution in [0.5, 0.6) is 0 Å². The van der Waals surface area contributed by atoms with Gasteiger partial charge >= 0.3 is 0 Å². The summed E-state index contributed by atoms with van der Waals surface area (Å²) in [6, 6.07) is 14.9. The Labute approximate surface area is 219 Å². The lowest BCUT2D eigenvalue weighted by Gasteiger charge is -2.18.